The van der Waals surface area contributed by atoms with Gasteiger partial charge >= 0.3 is 0 Å². The topological polar surface area (TPSA) is 0 Å². The molecule has 0 N–H and O–H groups in total. The summed E-state index contributed by atoms with van der Waals surface area (Å²) in [5.74, 6) is 0. The molecule has 4 aromatic carbocycles. The molecule has 0 amide bonds. The second kappa shape index (κ2) is 16.6. The molecular formula is C32H40. The standard InChI is InChI=1S/C10H14.2C8H10.C6H6/c1-4-10-7-5-6-8(2)9(10)3;1-7-5-3-4-6-8(7)2;1-2-8-6-4-3-5-7-8;1-2-4-6-5-3-1/h5-7H,4H2,1-3H3;3-6H,1-2H3;3-7H,2H2,1H3;1-6H. The van der Waals surface area contributed by atoms with E-state index in [-0.39, 0.29) is 0 Å². The van der Waals surface area contributed by atoms with Gasteiger partial charge in [0.05, 0.1) is 0 Å². The number of rotatable bonds is 2. The number of hydrogen-bond acceptors (Lipinski definition) is 0. The van der Waals surface area contributed by atoms with Crippen LogP contribution in [0.2, 0.25) is 0 Å². The Kier molecular flexibility index (Phi) is 13.9. The number of hydrogen-bond donors (Lipinski definition) is 0. The molecule has 0 nitrogen and oxygen atoms in total. The summed E-state index contributed by atoms with van der Waals surface area (Å²) in [5, 5.41) is 0. The van der Waals surface area contributed by atoms with Crippen molar-refractivity contribution >= 4 is 0 Å². The summed E-state index contributed by atoms with van der Waals surface area (Å²) in [6.07, 6.45) is 2.29. The average Bonchev–Trinajstić information content (AvgIpc) is 2.85. The third-order valence-electron chi connectivity index (χ3n) is 5.44. The van der Waals surface area contributed by atoms with Crippen LogP contribution in [0.3, 0.4) is 0 Å². The van der Waals surface area contributed by atoms with Gasteiger partial charge in [-0.25, -0.2) is 0 Å². The Hall–Kier alpha value is -3.12. The maximum atomic E-state index is 2.20. The molecule has 168 valence electrons. The predicted molar refractivity (Wildman–Crippen MR) is 143 cm³/mol. The Labute approximate surface area is 197 Å². The fraction of sp³-hybridized carbons (Fsp3) is 0.250. The zero-order valence-electron chi connectivity index (χ0n) is 20.8. The highest BCUT2D eigenvalue weighted by Crippen LogP contribution is 2.12. The Morgan fingerprint density at radius 3 is 1.16 bits per heavy atom. The van der Waals surface area contributed by atoms with E-state index in [1.807, 2.05) is 42.5 Å². The second-order valence-corrected chi connectivity index (χ2v) is 7.79. The molecule has 4 aromatic rings. The second-order valence-electron chi connectivity index (χ2n) is 7.79. The Morgan fingerprint density at radius 1 is 0.406 bits per heavy atom. The predicted octanol–water partition coefficient (Wildman–Crippen LogP) is 9.10. The molecule has 0 radical (unpaired) electrons. The van der Waals surface area contributed by atoms with Crippen LogP contribution in [0.15, 0.2) is 109 Å². The first-order chi connectivity index (χ1) is 15.5. The Balaban J connectivity index is 0.000000216. The minimum Gasteiger partial charge on any atom is -0.0623 e. The van der Waals surface area contributed by atoms with Gasteiger partial charge in [-0.3, -0.25) is 0 Å². The van der Waals surface area contributed by atoms with Crippen molar-refractivity contribution in [2.75, 3.05) is 0 Å². The van der Waals surface area contributed by atoms with Crippen LogP contribution in [-0.2, 0) is 12.8 Å². The van der Waals surface area contributed by atoms with Gasteiger partial charge in [-0.15, -0.1) is 0 Å². The molecule has 32 heavy (non-hydrogen) atoms. The SMILES string of the molecule is CCc1cccc(C)c1C.CCc1ccccc1.Cc1ccccc1C.c1ccccc1. The van der Waals surface area contributed by atoms with Crippen molar-refractivity contribution in [1.82, 2.24) is 0 Å². The molecule has 0 heteroatoms. The molecule has 0 aromatic heterocycles. The molecule has 0 aliphatic carbocycles. The lowest BCUT2D eigenvalue weighted by molar-refractivity contribution is 1.09. The normalized spacial score (nSPS) is 9.19. The molecule has 0 unspecified atom stereocenters. The molecule has 0 bridgehead atoms. The van der Waals surface area contributed by atoms with Crippen LogP contribution in [-0.4, -0.2) is 0 Å². The summed E-state index contributed by atoms with van der Waals surface area (Å²) < 4.78 is 0. The quantitative estimate of drug-likeness (QED) is 0.301. The average molecular weight is 425 g/mol. The van der Waals surface area contributed by atoms with E-state index in [0.29, 0.717) is 0 Å². The van der Waals surface area contributed by atoms with E-state index in [1.165, 1.54) is 33.4 Å². The van der Waals surface area contributed by atoms with Gasteiger partial charge in [-0.05, 0) is 73.9 Å². The van der Waals surface area contributed by atoms with Crippen LogP contribution in [0.5, 0.6) is 0 Å². The first-order valence-electron chi connectivity index (χ1n) is 11.6. The summed E-state index contributed by atoms with van der Waals surface area (Å²) in [4.78, 5) is 0. The Morgan fingerprint density at radius 2 is 0.812 bits per heavy atom. The summed E-state index contributed by atoms with van der Waals surface area (Å²) in [6.45, 7) is 12.9. The minimum atomic E-state index is 1.14. The van der Waals surface area contributed by atoms with E-state index in [0.717, 1.165) is 12.8 Å². The van der Waals surface area contributed by atoms with Crippen LogP contribution in [0.4, 0.5) is 0 Å². The van der Waals surface area contributed by atoms with Gasteiger partial charge in [0.1, 0.15) is 0 Å². The van der Waals surface area contributed by atoms with Crippen LogP contribution in [0.1, 0.15) is 47.2 Å². The van der Waals surface area contributed by atoms with Gasteiger partial charge in [-0.2, -0.15) is 0 Å². The molecule has 0 aliphatic rings. The smallest absolute Gasteiger partial charge is 0.0305 e. The summed E-state index contributed by atoms with van der Waals surface area (Å²) in [5.41, 5.74) is 8.47. The molecule has 0 saturated carbocycles. The lowest BCUT2D eigenvalue weighted by Crippen LogP contribution is -1.88. The van der Waals surface area contributed by atoms with E-state index >= 15 is 0 Å². The van der Waals surface area contributed by atoms with Gasteiger partial charge in [0.2, 0.25) is 0 Å². The van der Waals surface area contributed by atoms with Crippen molar-refractivity contribution in [2.24, 2.45) is 0 Å². The molecule has 0 spiro atoms. The van der Waals surface area contributed by atoms with Crippen LogP contribution in [0.25, 0.3) is 0 Å². The molecule has 0 fully saturated rings. The maximum Gasteiger partial charge on any atom is -0.0305 e. The zero-order chi connectivity index (χ0) is 23.6. The first kappa shape index (κ1) is 26.9. The van der Waals surface area contributed by atoms with Crippen molar-refractivity contribution in [2.45, 2.75) is 54.4 Å². The van der Waals surface area contributed by atoms with Gasteiger partial charge in [0, 0.05) is 0 Å². The van der Waals surface area contributed by atoms with Crippen LogP contribution in [0, 0.1) is 27.7 Å². The van der Waals surface area contributed by atoms with E-state index in [4.69, 9.17) is 0 Å². The number of aryl methyl sites for hydroxylation is 5. The van der Waals surface area contributed by atoms with E-state index in [1.54, 1.807) is 0 Å². The van der Waals surface area contributed by atoms with Crippen molar-refractivity contribution in [3.8, 4) is 0 Å². The molecule has 4 rings (SSSR count). The number of benzene rings is 4. The van der Waals surface area contributed by atoms with Gasteiger partial charge in [0.15, 0.2) is 0 Å². The first-order valence-corrected chi connectivity index (χ1v) is 11.6. The third-order valence-corrected chi connectivity index (χ3v) is 5.44. The van der Waals surface area contributed by atoms with Crippen LogP contribution >= 0.6 is 0 Å². The Bertz CT molecular complexity index is 921. The highest BCUT2D eigenvalue weighted by atomic mass is 14.0. The highest BCUT2D eigenvalue weighted by Gasteiger charge is 1.95. The highest BCUT2D eigenvalue weighted by molar-refractivity contribution is 5.32. The fourth-order valence-corrected chi connectivity index (χ4v) is 2.96. The van der Waals surface area contributed by atoms with Crippen LogP contribution < -0.4 is 0 Å². The lowest BCUT2D eigenvalue weighted by atomic mass is 10.0. The molecule has 0 heterocycles. The third kappa shape index (κ3) is 11.3. The van der Waals surface area contributed by atoms with E-state index in [9.17, 15) is 0 Å². The summed E-state index contributed by atoms with van der Waals surface area (Å²) in [6, 6.07) is 37.3. The monoisotopic (exact) mass is 424 g/mol. The van der Waals surface area contributed by atoms with E-state index in [2.05, 4.69) is 108 Å². The lowest BCUT2D eigenvalue weighted by Gasteiger charge is -2.04. The fourth-order valence-electron chi connectivity index (χ4n) is 2.96. The van der Waals surface area contributed by atoms with Gasteiger partial charge < -0.3 is 0 Å². The molecule has 0 saturated heterocycles. The van der Waals surface area contributed by atoms with Gasteiger partial charge in [-0.1, -0.05) is 123 Å². The van der Waals surface area contributed by atoms with E-state index < -0.39 is 0 Å². The van der Waals surface area contributed by atoms with Gasteiger partial charge in [0.25, 0.3) is 0 Å². The molecular weight excluding hydrogens is 384 g/mol. The maximum absolute atomic E-state index is 2.20. The van der Waals surface area contributed by atoms with Crippen molar-refractivity contribution in [3.63, 3.8) is 0 Å². The van der Waals surface area contributed by atoms with Crippen molar-refractivity contribution < 1.29 is 0 Å². The minimum absolute atomic E-state index is 1.14. The molecule has 0 aliphatic heterocycles. The molecule has 0 atom stereocenters. The summed E-state index contributed by atoms with van der Waals surface area (Å²) in [7, 11) is 0. The largest absolute Gasteiger partial charge is 0.0623 e. The van der Waals surface area contributed by atoms with Crippen molar-refractivity contribution in [1.29, 1.82) is 0 Å². The zero-order valence-corrected chi connectivity index (χ0v) is 20.8. The summed E-state index contributed by atoms with van der Waals surface area (Å²) >= 11 is 0. The van der Waals surface area contributed by atoms with Crippen molar-refractivity contribution in [3.05, 3.63) is 143 Å².